The van der Waals surface area contributed by atoms with Crippen molar-refractivity contribution in [1.82, 2.24) is 0 Å². The summed E-state index contributed by atoms with van der Waals surface area (Å²) in [7, 11) is 0. The molecule has 0 bridgehead atoms. The summed E-state index contributed by atoms with van der Waals surface area (Å²) in [6, 6.07) is 0. The fourth-order valence-corrected chi connectivity index (χ4v) is 0.547. The lowest BCUT2D eigenvalue weighted by molar-refractivity contribution is -0.0130. The Balaban J connectivity index is 3.02. The molecule has 0 saturated heterocycles. The van der Waals surface area contributed by atoms with Crippen molar-refractivity contribution in [2.75, 3.05) is 33.0 Å². The second-order valence-corrected chi connectivity index (χ2v) is 2.01. The van der Waals surface area contributed by atoms with Crippen molar-refractivity contribution < 1.29 is 19.7 Å². The van der Waals surface area contributed by atoms with Crippen LogP contribution in [0.2, 0.25) is 0 Å². The average Bonchev–Trinajstić information content (AvgIpc) is 2.01. The van der Waals surface area contributed by atoms with Crippen LogP contribution in [0.1, 0.15) is 0 Å². The van der Waals surface area contributed by atoms with Crippen LogP contribution in [0.3, 0.4) is 0 Å². The van der Waals surface area contributed by atoms with Crippen molar-refractivity contribution >= 4 is 0 Å². The molecule has 0 saturated carbocycles. The maximum absolute atomic E-state index is 8.35. The molecule has 0 amide bonds. The largest absolute Gasteiger partial charge is 0.394 e. The van der Waals surface area contributed by atoms with E-state index in [0.717, 1.165) is 0 Å². The predicted octanol–water partition coefficient (Wildman–Crippen LogP) is -0.793. The number of hydrogen-bond donors (Lipinski definition) is 2. The molecular weight excluding hydrogens is 148 g/mol. The highest BCUT2D eigenvalue weighted by molar-refractivity contribution is 4.57. The number of ether oxygens (including phenoxy) is 2. The van der Waals surface area contributed by atoms with Gasteiger partial charge in [-0.1, -0.05) is 0 Å². The van der Waals surface area contributed by atoms with E-state index in [1.54, 1.807) is 0 Å². The molecule has 67 valence electrons. The number of aliphatic hydroxyl groups is 2. The van der Waals surface area contributed by atoms with Gasteiger partial charge in [0.15, 0.2) is 0 Å². The summed E-state index contributed by atoms with van der Waals surface area (Å²) >= 11 is 0. The van der Waals surface area contributed by atoms with Crippen LogP contribution in [-0.2, 0) is 9.47 Å². The summed E-state index contributed by atoms with van der Waals surface area (Å²) in [6.45, 7) is 4.53. The van der Waals surface area contributed by atoms with E-state index in [1.165, 1.54) is 0 Å². The zero-order valence-corrected chi connectivity index (χ0v) is 6.53. The summed E-state index contributed by atoms with van der Waals surface area (Å²) in [5, 5.41) is 16.7. The third kappa shape index (κ3) is 7.74. The lowest BCUT2D eigenvalue weighted by Crippen LogP contribution is -2.19. The molecule has 0 heterocycles. The van der Waals surface area contributed by atoms with Crippen molar-refractivity contribution in [2.24, 2.45) is 0 Å². The molecular formula is C7H15O4. The van der Waals surface area contributed by atoms with Gasteiger partial charge >= 0.3 is 0 Å². The fourth-order valence-electron chi connectivity index (χ4n) is 0.547. The molecule has 0 aliphatic heterocycles. The first-order valence-electron chi connectivity index (χ1n) is 3.55. The first-order chi connectivity index (χ1) is 5.31. The van der Waals surface area contributed by atoms with Crippen molar-refractivity contribution in [3.8, 4) is 0 Å². The lowest BCUT2D eigenvalue weighted by atomic mass is 10.4. The second-order valence-electron chi connectivity index (χ2n) is 2.01. The first-order valence-corrected chi connectivity index (χ1v) is 3.55. The molecule has 0 aliphatic rings. The van der Waals surface area contributed by atoms with Crippen molar-refractivity contribution in [3.63, 3.8) is 0 Å². The normalized spacial score (nSPS) is 13.4. The minimum absolute atomic E-state index is 0.00667. The summed E-state index contributed by atoms with van der Waals surface area (Å²) < 4.78 is 9.89. The van der Waals surface area contributed by atoms with Crippen molar-refractivity contribution in [2.45, 2.75) is 6.10 Å². The Morgan fingerprint density at radius 2 is 1.82 bits per heavy atom. The van der Waals surface area contributed by atoms with Gasteiger partial charge < -0.3 is 19.7 Å². The van der Waals surface area contributed by atoms with Gasteiger partial charge in [0.1, 0.15) is 0 Å². The zero-order valence-electron chi connectivity index (χ0n) is 6.53. The van der Waals surface area contributed by atoms with Gasteiger partial charge in [-0.15, -0.1) is 0 Å². The van der Waals surface area contributed by atoms with Crippen molar-refractivity contribution in [3.05, 3.63) is 6.92 Å². The molecule has 2 N–H and O–H groups in total. The van der Waals surface area contributed by atoms with Crippen LogP contribution < -0.4 is 0 Å². The quantitative estimate of drug-likeness (QED) is 0.483. The average molecular weight is 163 g/mol. The van der Waals surface area contributed by atoms with Gasteiger partial charge in [-0.25, -0.2) is 0 Å². The van der Waals surface area contributed by atoms with E-state index >= 15 is 0 Å². The lowest BCUT2D eigenvalue weighted by Gasteiger charge is -2.11. The molecule has 11 heavy (non-hydrogen) atoms. The van der Waals surface area contributed by atoms with Gasteiger partial charge in [-0.3, -0.25) is 0 Å². The molecule has 0 fully saturated rings. The summed E-state index contributed by atoms with van der Waals surface area (Å²) in [5.74, 6) is 0. The molecule has 0 aromatic carbocycles. The Labute approximate surface area is 66.7 Å². The van der Waals surface area contributed by atoms with Gasteiger partial charge in [0.05, 0.1) is 39.1 Å². The summed E-state index contributed by atoms with van der Waals surface area (Å²) in [6.07, 6.45) is -0.270. The fraction of sp³-hybridized carbons (Fsp3) is 0.857. The predicted molar refractivity (Wildman–Crippen MR) is 40.1 cm³/mol. The molecule has 4 heteroatoms. The van der Waals surface area contributed by atoms with Crippen LogP contribution in [0, 0.1) is 6.92 Å². The Bertz CT molecular complexity index is 76.8. The first kappa shape index (κ1) is 10.8. The van der Waals surface area contributed by atoms with Crippen LogP contribution >= 0.6 is 0 Å². The van der Waals surface area contributed by atoms with Crippen LogP contribution in [0.4, 0.5) is 0 Å². The molecule has 1 unspecified atom stereocenters. The number of rotatable bonds is 7. The summed E-state index contributed by atoms with van der Waals surface area (Å²) in [4.78, 5) is 0. The van der Waals surface area contributed by atoms with Gasteiger partial charge in [0.25, 0.3) is 0 Å². The molecule has 4 nitrogen and oxygen atoms in total. The van der Waals surface area contributed by atoms with Gasteiger partial charge in [-0.2, -0.15) is 0 Å². The minimum Gasteiger partial charge on any atom is -0.394 e. The van der Waals surface area contributed by atoms with E-state index in [4.69, 9.17) is 19.7 Å². The van der Waals surface area contributed by atoms with Crippen LogP contribution in [0.5, 0.6) is 0 Å². The molecule has 1 atom stereocenters. The minimum atomic E-state index is -0.270. The number of hydrogen-bond acceptors (Lipinski definition) is 4. The van der Waals surface area contributed by atoms with E-state index in [2.05, 4.69) is 6.92 Å². The van der Waals surface area contributed by atoms with Crippen LogP contribution in [-0.4, -0.2) is 49.4 Å². The highest BCUT2D eigenvalue weighted by atomic mass is 16.5. The highest BCUT2D eigenvalue weighted by Crippen LogP contribution is 1.89. The Morgan fingerprint density at radius 3 is 2.36 bits per heavy atom. The molecule has 0 aliphatic carbocycles. The second kappa shape index (κ2) is 7.94. The molecule has 0 spiro atoms. The summed E-state index contributed by atoms with van der Waals surface area (Å²) in [5.41, 5.74) is 0. The molecule has 1 radical (unpaired) electrons. The van der Waals surface area contributed by atoms with Gasteiger partial charge in [-0.05, 0) is 6.92 Å². The molecule has 0 aromatic rings. The smallest absolute Gasteiger partial charge is 0.0810 e. The molecule has 0 aromatic heterocycles. The van der Waals surface area contributed by atoms with E-state index < -0.39 is 0 Å². The zero-order chi connectivity index (χ0) is 8.53. The Kier molecular flexibility index (Phi) is 7.83. The topological polar surface area (TPSA) is 58.9 Å². The third-order valence-electron chi connectivity index (χ3n) is 0.984. The van der Waals surface area contributed by atoms with E-state index in [1.807, 2.05) is 0 Å². The van der Waals surface area contributed by atoms with Crippen LogP contribution in [0.25, 0.3) is 0 Å². The van der Waals surface area contributed by atoms with E-state index in [9.17, 15) is 0 Å². The standard InChI is InChI=1S/C7H15O4/c1-7(11-5-3-9)6-10-4-2-8/h7-9H,1-6H2. The van der Waals surface area contributed by atoms with E-state index in [0.29, 0.717) is 13.2 Å². The Hall–Kier alpha value is -0.160. The van der Waals surface area contributed by atoms with E-state index in [-0.39, 0.29) is 25.9 Å². The van der Waals surface area contributed by atoms with Crippen LogP contribution in [0.15, 0.2) is 0 Å². The van der Waals surface area contributed by atoms with Gasteiger partial charge in [0, 0.05) is 0 Å². The molecule has 0 rings (SSSR count). The Morgan fingerprint density at radius 1 is 1.18 bits per heavy atom. The third-order valence-corrected chi connectivity index (χ3v) is 0.984. The SMILES string of the molecule is [CH2]C(COCCO)OCCO. The monoisotopic (exact) mass is 163 g/mol. The van der Waals surface area contributed by atoms with Crippen molar-refractivity contribution in [1.29, 1.82) is 0 Å². The number of aliphatic hydroxyl groups excluding tert-OH is 2. The highest BCUT2D eigenvalue weighted by Gasteiger charge is 2.00. The maximum Gasteiger partial charge on any atom is 0.0810 e. The van der Waals surface area contributed by atoms with Gasteiger partial charge in [0.2, 0.25) is 0 Å². The maximum atomic E-state index is 8.35.